The molecule has 1 aliphatic rings. The van der Waals surface area contributed by atoms with Crippen molar-refractivity contribution in [2.24, 2.45) is 5.92 Å². The van der Waals surface area contributed by atoms with Gasteiger partial charge in [0, 0.05) is 13.7 Å². The van der Waals surface area contributed by atoms with Gasteiger partial charge in [0.15, 0.2) is 0 Å². The highest BCUT2D eigenvalue weighted by atomic mass is 16.5. The summed E-state index contributed by atoms with van der Waals surface area (Å²) in [6.45, 7) is 4.42. The Kier molecular flexibility index (Phi) is 5.65. The average Bonchev–Trinajstić information content (AvgIpc) is 2.27. The monoisotopic (exact) mass is 214 g/mol. The van der Waals surface area contributed by atoms with Gasteiger partial charge in [-0.2, -0.15) is 0 Å². The second-order valence-corrected chi connectivity index (χ2v) is 4.31. The normalized spacial score (nSPS) is 23.5. The van der Waals surface area contributed by atoms with Gasteiger partial charge in [-0.15, -0.1) is 0 Å². The topological polar surface area (TPSA) is 50.4 Å². The molecule has 0 radical (unpaired) electrons. The molecule has 1 unspecified atom stereocenters. The molecule has 1 saturated heterocycles. The van der Waals surface area contributed by atoms with E-state index in [-0.39, 0.29) is 11.9 Å². The fraction of sp³-hybridized carbons (Fsp3) is 0.909. The van der Waals surface area contributed by atoms with E-state index in [4.69, 9.17) is 4.74 Å². The predicted octanol–water partition coefficient (Wildman–Crippen LogP) is 0.527. The third kappa shape index (κ3) is 4.62. The molecule has 1 fully saturated rings. The summed E-state index contributed by atoms with van der Waals surface area (Å²) in [5.74, 6) is 0.514. The summed E-state index contributed by atoms with van der Waals surface area (Å²) >= 11 is 0. The lowest BCUT2D eigenvalue weighted by Gasteiger charge is -2.23. The molecule has 0 spiro atoms. The minimum atomic E-state index is 0.0218. The van der Waals surface area contributed by atoms with E-state index >= 15 is 0 Å². The van der Waals surface area contributed by atoms with Gasteiger partial charge >= 0.3 is 0 Å². The summed E-state index contributed by atoms with van der Waals surface area (Å²) < 4.78 is 5.01. The Hall–Kier alpha value is -0.610. The van der Waals surface area contributed by atoms with Crippen LogP contribution >= 0.6 is 0 Å². The highest BCUT2D eigenvalue weighted by molar-refractivity contribution is 5.81. The number of ether oxygens (including phenoxy) is 1. The van der Waals surface area contributed by atoms with Gasteiger partial charge in [-0.25, -0.2) is 0 Å². The number of methoxy groups -OCH3 is 1. The molecule has 4 heteroatoms. The summed E-state index contributed by atoms with van der Waals surface area (Å²) in [5, 5.41) is 6.19. The maximum Gasteiger partial charge on any atom is 0.237 e. The van der Waals surface area contributed by atoms with Crippen molar-refractivity contribution in [3.63, 3.8) is 0 Å². The maximum atomic E-state index is 11.7. The second-order valence-electron chi connectivity index (χ2n) is 4.31. The van der Waals surface area contributed by atoms with Crippen LogP contribution in [0.1, 0.15) is 26.2 Å². The molecular weight excluding hydrogens is 192 g/mol. The molecule has 88 valence electrons. The molecule has 1 heterocycles. The van der Waals surface area contributed by atoms with Gasteiger partial charge in [0.25, 0.3) is 0 Å². The molecule has 0 aromatic rings. The van der Waals surface area contributed by atoms with Gasteiger partial charge in [0.2, 0.25) is 5.91 Å². The Bertz CT molecular complexity index is 191. The molecule has 2 atom stereocenters. The SMILES string of the molecule is COCC(C)CNC(=O)[C@H]1CCCCN1. The van der Waals surface area contributed by atoms with Crippen LogP contribution in [-0.4, -0.2) is 38.8 Å². The molecular formula is C11H22N2O2. The van der Waals surface area contributed by atoms with Crippen molar-refractivity contribution in [1.82, 2.24) is 10.6 Å². The van der Waals surface area contributed by atoms with E-state index in [0.717, 1.165) is 19.4 Å². The van der Waals surface area contributed by atoms with Crippen LogP contribution < -0.4 is 10.6 Å². The molecule has 0 aromatic carbocycles. The Morgan fingerprint density at radius 3 is 3.00 bits per heavy atom. The van der Waals surface area contributed by atoms with Crippen molar-refractivity contribution < 1.29 is 9.53 Å². The first kappa shape index (κ1) is 12.5. The van der Waals surface area contributed by atoms with Gasteiger partial charge < -0.3 is 15.4 Å². The third-order valence-corrected chi connectivity index (χ3v) is 2.70. The van der Waals surface area contributed by atoms with Crippen LogP contribution in [0.15, 0.2) is 0 Å². The number of amides is 1. The lowest BCUT2D eigenvalue weighted by atomic mass is 10.0. The molecule has 0 aliphatic carbocycles. The fourth-order valence-corrected chi connectivity index (χ4v) is 1.82. The van der Waals surface area contributed by atoms with E-state index in [1.807, 2.05) is 0 Å². The first-order valence-corrected chi connectivity index (χ1v) is 5.74. The number of carbonyl (C=O) groups is 1. The van der Waals surface area contributed by atoms with E-state index in [2.05, 4.69) is 17.6 Å². The zero-order valence-corrected chi connectivity index (χ0v) is 9.71. The van der Waals surface area contributed by atoms with Crippen LogP contribution in [0.2, 0.25) is 0 Å². The first-order valence-electron chi connectivity index (χ1n) is 5.74. The Morgan fingerprint density at radius 1 is 1.60 bits per heavy atom. The van der Waals surface area contributed by atoms with Crippen molar-refractivity contribution >= 4 is 5.91 Å². The van der Waals surface area contributed by atoms with Gasteiger partial charge in [-0.05, 0) is 25.3 Å². The molecule has 0 aromatic heterocycles. The van der Waals surface area contributed by atoms with Crippen LogP contribution in [0.5, 0.6) is 0 Å². The maximum absolute atomic E-state index is 11.7. The van der Waals surface area contributed by atoms with Gasteiger partial charge in [-0.3, -0.25) is 4.79 Å². The zero-order valence-electron chi connectivity index (χ0n) is 9.71. The van der Waals surface area contributed by atoms with Crippen molar-refractivity contribution in [3.8, 4) is 0 Å². The Morgan fingerprint density at radius 2 is 2.40 bits per heavy atom. The van der Waals surface area contributed by atoms with E-state index in [0.29, 0.717) is 19.1 Å². The molecule has 4 nitrogen and oxygen atoms in total. The van der Waals surface area contributed by atoms with Crippen molar-refractivity contribution in [1.29, 1.82) is 0 Å². The first-order chi connectivity index (χ1) is 7.24. The summed E-state index contributed by atoms with van der Waals surface area (Å²) in [7, 11) is 1.68. The molecule has 2 N–H and O–H groups in total. The summed E-state index contributed by atoms with van der Waals surface area (Å²) in [4.78, 5) is 11.7. The number of carbonyl (C=O) groups excluding carboxylic acids is 1. The van der Waals surface area contributed by atoms with E-state index in [9.17, 15) is 4.79 Å². The second kappa shape index (κ2) is 6.80. The summed E-state index contributed by atoms with van der Waals surface area (Å²) in [6, 6.07) is 0.0218. The predicted molar refractivity (Wildman–Crippen MR) is 59.7 cm³/mol. The highest BCUT2D eigenvalue weighted by Crippen LogP contribution is 2.06. The minimum Gasteiger partial charge on any atom is -0.384 e. The number of hydrogen-bond donors (Lipinski definition) is 2. The van der Waals surface area contributed by atoms with Crippen LogP contribution in [0.25, 0.3) is 0 Å². The van der Waals surface area contributed by atoms with Crippen LogP contribution in [0.3, 0.4) is 0 Å². The van der Waals surface area contributed by atoms with E-state index in [1.54, 1.807) is 7.11 Å². The van der Waals surface area contributed by atoms with Crippen molar-refractivity contribution in [2.45, 2.75) is 32.2 Å². The number of nitrogens with one attached hydrogen (secondary N) is 2. The van der Waals surface area contributed by atoms with Crippen LogP contribution in [0, 0.1) is 5.92 Å². The van der Waals surface area contributed by atoms with Crippen LogP contribution in [0.4, 0.5) is 0 Å². The largest absolute Gasteiger partial charge is 0.384 e. The standard InChI is InChI=1S/C11H22N2O2/c1-9(8-15-2)7-13-11(14)10-5-3-4-6-12-10/h9-10,12H,3-8H2,1-2H3,(H,13,14)/t9?,10-/m1/s1. The van der Waals surface area contributed by atoms with Crippen LogP contribution in [-0.2, 0) is 9.53 Å². The van der Waals surface area contributed by atoms with Gasteiger partial charge in [-0.1, -0.05) is 13.3 Å². The molecule has 0 saturated carbocycles. The van der Waals surface area contributed by atoms with Crippen molar-refractivity contribution in [3.05, 3.63) is 0 Å². The molecule has 0 bridgehead atoms. The minimum absolute atomic E-state index is 0.0218. The number of piperidine rings is 1. The molecule has 1 amide bonds. The quantitative estimate of drug-likeness (QED) is 0.702. The van der Waals surface area contributed by atoms with E-state index in [1.165, 1.54) is 6.42 Å². The molecule has 15 heavy (non-hydrogen) atoms. The fourth-order valence-electron chi connectivity index (χ4n) is 1.82. The number of rotatable bonds is 5. The summed E-state index contributed by atoms with van der Waals surface area (Å²) in [6.07, 6.45) is 3.30. The van der Waals surface area contributed by atoms with Crippen molar-refractivity contribution in [2.75, 3.05) is 26.8 Å². The lowest BCUT2D eigenvalue weighted by Crippen LogP contribution is -2.47. The molecule has 1 rings (SSSR count). The van der Waals surface area contributed by atoms with E-state index < -0.39 is 0 Å². The van der Waals surface area contributed by atoms with Gasteiger partial charge in [0.1, 0.15) is 0 Å². The Balaban J connectivity index is 2.16. The highest BCUT2D eigenvalue weighted by Gasteiger charge is 2.20. The summed E-state index contributed by atoms with van der Waals surface area (Å²) in [5.41, 5.74) is 0. The average molecular weight is 214 g/mol. The lowest BCUT2D eigenvalue weighted by molar-refractivity contribution is -0.123. The Labute approximate surface area is 91.8 Å². The van der Waals surface area contributed by atoms with Gasteiger partial charge in [0.05, 0.1) is 12.6 Å². The zero-order chi connectivity index (χ0) is 11.1. The smallest absolute Gasteiger partial charge is 0.237 e. The molecule has 1 aliphatic heterocycles. The third-order valence-electron chi connectivity index (χ3n) is 2.70. The number of hydrogen-bond acceptors (Lipinski definition) is 3.